The van der Waals surface area contributed by atoms with Crippen LogP contribution >= 0.6 is 0 Å². The predicted molar refractivity (Wildman–Crippen MR) is 124 cm³/mol. The van der Waals surface area contributed by atoms with Gasteiger partial charge >= 0.3 is 0 Å². The number of aliphatic hydroxyl groups is 1. The number of likely N-dealkylation sites (tertiary alicyclic amines) is 1. The first-order chi connectivity index (χ1) is 15.6. The zero-order chi connectivity index (χ0) is 22.1. The number of aliphatic hydroxyl groups excluding tert-OH is 1. The Morgan fingerprint density at radius 3 is 2.53 bits per heavy atom. The number of aryl methyl sites for hydroxylation is 1. The first kappa shape index (κ1) is 21.3. The van der Waals surface area contributed by atoms with Gasteiger partial charge in [0, 0.05) is 38.3 Å². The minimum absolute atomic E-state index is 0.0170. The lowest BCUT2D eigenvalue weighted by Crippen LogP contribution is -2.51. The van der Waals surface area contributed by atoms with Gasteiger partial charge in [0.25, 0.3) is 5.91 Å². The Labute approximate surface area is 189 Å². The molecule has 2 aromatic carbocycles. The summed E-state index contributed by atoms with van der Waals surface area (Å²) in [5.41, 5.74) is 3.37. The Kier molecular flexibility index (Phi) is 6.07. The Bertz CT molecular complexity index is 951. The Hall–Kier alpha value is -2.57. The second kappa shape index (κ2) is 9.12. The summed E-state index contributed by atoms with van der Waals surface area (Å²) >= 11 is 0. The Balaban J connectivity index is 1.19. The van der Waals surface area contributed by atoms with Gasteiger partial charge in [-0.05, 0) is 66.6 Å². The lowest BCUT2D eigenvalue weighted by Gasteiger charge is -2.35. The summed E-state index contributed by atoms with van der Waals surface area (Å²) in [7, 11) is 0. The molecule has 2 aromatic rings. The van der Waals surface area contributed by atoms with Gasteiger partial charge < -0.3 is 19.5 Å². The van der Waals surface area contributed by atoms with Gasteiger partial charge in [-0.15, -0.1) is 0 Å². The van der Waals surface area contributed by atoms with Gasteiger partial charge in [0.05, 0.1) is 6.10 Å². The minimum Gasteiger partial charge on any atom is -0.492 e. The summed E-state index contributed by atoms with van der Waals surface area (Å²) in [6.07, 6.45) is 3.46. The van der Waals surface area contributed by atoms with E-state index in [0.717, 1.165) is 54.7 Å². The third kappa shape index (κ3) is 4.62. The topological polar surface area (TPSA) is 62.2 Å². The number of amides is 1. The number of rotatable bonds is 9. The van der Waals surface area contributed by atoms with Crippen LogP contribution in [0.2, 0.25) is 0 Å². The lowest BCUT2D eigenvalue weighted by molar-refractivity contribution is -0.122. The van der Waals surface area contributed by atoms with E-state index >= 15 is 0 Å². The van der Waals surface area contributed by atoms with Crippen LogP contribution in [0.3, 0.4) is 0 Å². The molecule has 6 heteroatoms. The number of ether oxygens (including phenoxy) is 2. The Morgan fingerprint density at radius 2 is 1.84 bits per heavy atom. The number of anilines is 1. The minimum atomic E-state index is -0.436. The van der Waals surface area contributed by atoms with Gasteiger partial charge in [-0.25, -0.2) is 0 Å². The molecule has 1 atom stereocenters. The number of carbonyl (C=O) groups excluding carboxylic acids is 1. The second-order valence-electron chi connectivity index (χ2n) is 9.14. The number of hydrogen-bond acceptors (Lipinski definition) is 5. The molecule has 0 aromatic heterocycles. The summed E-state index contributed by atoms with van der Waals surface area (Å²) < 4.78 is 12.0. The zero-order valence-electron chi connectivity index (χ0n) is 18.7. The number of carbonyl (C=O) groups is 1. The zero-order valence-corrected chi connectivity index (χ0v) is 18.7. The summed E-state index contributed by atoms with van der Waals surface area (Å²) in [5, 5.41) is 9.38. The maximum atomic E-state index is 13.0. The van der Waals surface area contributed by atoms with Crippen molar-refractivity contribution < 1.29 is 19.4 Å². The quantitative estimate of drug-likeness (QED) is 0.653. The normalized spacial score (nSPS) is 21.6. The standard InChI is InChI=1S/C26H32N2O4/c1-2-18-15-21(7-10-24(18)31-14-13-27-16-22(29)17-27)28-12-11-25(26(28)30)32-23-8-5-20(6-9-23)19-3-4-19/h5-10,15,19,22,25,29H,2-4,11-14,16-17H2,1H3/t25-/m0/s1. The Morgan fingerprint density at radius 1 is 1.06 bits per heavy atom. The highest BCUT2D eigenvalue weighted by Gasteiger charge is 2.34. The van der Waals surface area contributed by atoms with Crippen molar-refractivity contribution in [3.63, 3.8) is 0 Å². The predicted octanol–water partition coefficient (Wildman–Crippen LogP) is 3.37. The fourth-order valence-electron chi connectivity index (χ4n) is 4.58. The monoisotopic (exact) mass is 436 g/mol. The number of β-amino-alcohol motifs (C(OH)–C–C–N with tert-alkyl or cyclic N) is 1. The van der Waals surface area contributed by atoms with E-state index in [1.807, 2.05) is 29.2 Å². The van der Waals surface area contributed by atoms with E-state index < -0.39 is 6.10 Å². The number of benzene rings is 2. The van der Waals surface area contributed by atoms with Crippen LogP contribution in [0, 0.1) is 0 Å². The third-order valence-corrected chi connectivity index (χ3v) is 6.70. The van der Waals surface area contributed by atoms with Gasteiger partial charge in [0.2, 0.25) is 0 Å². The molecule has 5 rings (SSSR count). The van der Waals surface area contributed by atoms with Crippen LogP contribution in [0.4, 0.5) is 5.69 Å². The molecule has 2 heterocycles. The van der Waals surface area contributed by atoms with E-state index in [0.29, 0.717) is 19.6 Å². The molecular weight excluding hydrogens is 404 g/mol. The van der Waals surface area contributed by atoms with Crippen LogP contribution < -0.4 is 14.4 Å². The van der Waals surface area contributed by atoms with Crippen LogP contribution in [0.25, 0.3) is 0 Å². The lowest BCUT2D eigenvalue weighted by atomic mass is 10.1. The molecule has 1 saturated carbocycles. The number of nitrogens with zero attached hydrogens (tertiary/aromatic N) is 2. The van der Waals surface area contributed by atoms with Gasteiger partial charge in [-0.3, -0.25) is 9.69 Å². The molecule has 0 bridgehead atoms. The molecule has 0 radical (unpaired) electrons. The average Bonchev–Trinajstić information content (AvgIpc) is 3.57. The highest BCUT2D eigenvalue weighted by Crippen LogP contribution is 2.40. The van der Waals surface area contributed by atoms with E-state index in [9.17, 15) is 9.90 Å². The summed E-state index contributed by atoms with van der Waals surface area (Å²) in [6, 6.07) is 14.2. The molecule has 32 heavy (non-hydrogen) atoms. The summed E-state index contributed by atoms with van der Waals surface area (Å²) in [5.74, 6) is 2.37. The van der Waals surface area contributed by atoms with Crippen molar-refractivity contribution in [3.05, 3.63) is 53.6 Å². The van der Waals surface area contributed by atoms with E-state index in [-0.39, 0.29) is 12.0 Å². The molecule has 1 aliphatic carbocycles. The molecule has 2 saturated heterocycles. The molecular formula is C26H32N2O4. The fraction of sp³-hybridized carbons (Fsp3) is 0.500. The van der Waals surface area contributed by atoms with Gasteiger partial charge in [-0.2, -0.15) is 0 Å². The van der Waals surface area contributed by atoms with Crippen molar-refractivity contribution in [2.24, 2.45) is 0 Å². The highest BCUT2D eigenvalue weighted by molar-refractivity contribution is 5.99. The summed E-state index contributed by atoms with van der Waals surface area (Å²) in [6.45, 7) is 5.62. The van der Waals surface area contributed by atoms with Crippen molar-refractivity contribution >= 4 is 11.6 Å². The van der Waals surface area contributed by atoms with E-state index in [2.05, 4.69) is 30.0 Å². The van der Waals surface area contributed by atoms with E-state index in [1.54, 1.807) is 0 Å². The van der Waals surface area contributed by atoms with Gasteiger partial charge in [0.1, 0.15) is 18.1 Å². The van der Waals surface area contributed by atoms with Crippen molar-refractivity contribution in [2.75, 3.05) is 37.7 Å². The van der Waals surface area contributed by atoms with Crippen LogP contribution in [-0.2, 0) is 11.2 Å². The first-order valence-electron chi connectivity index (χ1n) is 11.8. The summed E-state index contributed by atoms with van der Waals surface area (Å²) in [4.78, 5) is 17.0. The molecule has 0 unspecified atom stereocenters. The largest absolute Gasteiger partial charge is 0.492 e. The second-order valence-corrected chi connectivity index (χ2v) is 9.14. The third-order valence-electron chi connectivity index (χ3n) is 6.70. The van der Waals surface area contributed by atoms with Crippen LogP contribution in [0.15, 0.2) is 42.5 Å². The van der Waals surface area contributed by atoms with Crippen molar-refractivity contribution in [1.82, 2.24) is 4.90 Å². The molecule has 3 aliphatic rings. The maximum absolute atomic E-state index is 13.0. The molecule has 1 amide bonds. The fourth-order valence-corrected chi connectivity index (χ4v) is 4.58. The molecule has 0 spiro atoms. The maximum Gasteiger partial charge on any atom is 0.268 e. The highest BCUT2D eigenvalue weighted by atomic mass is 16.5. The van der Waals surface area contributed by atoms with Crippen LogP contribution in [-0.4, -0.2) is 60.9 Å². The van der Waals surface area contributed by atoms with E-state index in [4.69, 9.17) is 9.47 Å². The van der Waals surface area contributed by atoms with E-state index in [1.165, 1.54) is 18.4 Å². The number of hydrogen-bond donors (Lipinski definition) is 1. The van der Waals surface area contributed by atoms with Gasteiger partial charge in [0.15, 0.2) is 6.10 Å². The first-order valence-corrected chi connectivity index (χ1v) is 11.8. The SMILES string of the molecule is CCc1cc(N2CC[C@H](Oc3ccc(C4CC4)cc3)C2=O)ccc1OCCN1CC(O)C1. The molecule has 170 valence electrons. The van der Waals surface area contributed by atoms with Gasteiger partial charge in [-0.1, -0.05) is 19.1 Å². The van der Waals surface area contributed by atoms with Crippen molar-refractivity contribution in [1.29, 1.82) is 0 Å². The van der Waals surface area contributed by atoms with Crippen LogP contribution in [0.5, 0.6) is 11.5 Å². The molecule has 6 nitrogen and oxygen atoms in total. The molecule has 2 aliphatic heterocycles. The average molecular weight is 437 g/mol. The molecule has 3 fully saturated rings. The van der Waals surface area contributed by atoms with Crippen molar-refractivity contribution in [2.45, 2.75) is 50.7 Å². The van der Waals surface area contributed by atoms with Crippen LogP contribution in [0.1, 0.15) is 43.2 Å². The smallest absolute Gasteiger partial charge is 0.268 e. The van der Waals surface area contributed by atoms with Crippen molar-refractivity contribution in [3.8, 4) is 11.5 Å². The molecule has 1 N–H and O–H groups in total.